The summed E-state index contributed by atoms with van der Waals surface area (Å²) < 4.78 is 36.0. The molecule has 0 spiro atoms. The molecule has 0 fully saturated rings. The molecule has 1 aromatic heterocycles. The number of carbonyl (C=O) groups is 2. The highest BCUT2D eigenvalue weighted by Crippen LogP contribution is 2.22. The van der Waals surface area contributed by atoms with Gasteiger partial charge in [0.2, 0.25) is 0 Å². The van der Waals surface area contributed by atoms with Crippen LogP contribution in [0.3, 0.4) is 0 Å². The van der Waals surface area contributed by atoms with Crippen LogP contribution in [0.15, 0.2) is 18.3 Å². The molecule has 0 aliphatic rings. The standard InChI is InChI=1S/C8H4F3NO3/c9-8(10,11)6(13)4-2-1-3-12-5(4)7(14)15/h1-3H,(H,14,15). The molecule has 1 N–H and O–H groups in total. The number of aromatic carboxylic acids is 1. The first kappa shape index (κ1) is 11.2. The predicted octanol–water partition coefficient (Wildman–Crippen LogP) is 1.52. The molecular formula is C8H4F3NO3. The van der Waals surface area contributed by atoms with Crippen molar-refractivity contribution in [2.45, 2.75) is 6.18 Å². The van der Waals surface area contributed by atoms with Gasteiger partial charge in [0, 0.05) is 6.20 Å². The normalized spacial score (nSPS) is 11.1. The first-order valence-electron chi connectivity index (χ1n) is 3.64. The van der Waals surface area contributed by atoms with E-state index in [1.165, 1.54) is 0 Å². The van der Waals surface area contributed by atoms with Gasteiger partial charge in [-0.2, -0.15) is 13.2 Å². The van der Waals surface area contributed by atoms with Crippen molar-refractivity contribution in [3.05, 3.63) is 29.6 Å². The molecule has 1 rings (SSSR count). The van der Waals surface area contributed by atoms with Gasteiger partial charge in [0.1, 0.15) is 0 Å². The monoisotopic (exact) mass is 219 g/mol. The second-order valence-electron chi connectivity index (χ2n) is 2.53. The molecule has 0 saturated carbocycles. The molecule has 80 valence electrons. The molecule has 15 heavy (non-hydrogen) atoms. The lowest BCUT2D eigenvalue weighted by atomic mass is 10.1. The molecule has 1 heterocycles. The minimum Gasteiger partial charge on any atom is -0.476 e. The van der Waals surface area contributed by atoms with E-state index in [2.05, 4.69) is 4.98 Å². The summed E-state index contributed by atoms with van der Waals surface area (Å²) in [5, 5.41) is 8.50. The number of pyridine rings is 1. The fraction of sp³-hybridized carbons (Fsp3) is 0.125. The van der Waals surface area contributed by atoms with Gasteiger partial charge in [-0.1, -0.05) is 0 Å². The molecule has 0 amide bonds. The zero-order valence-corrected chi connectivity index (χ0v) is 7.08. The largest absolute Gasteiger partial charge is 0.476 e. The highest BCUT2D eigenvalue weighted by atomic mass is 19.4. The van der Waals surface area contributed by atoms with Gasteiger partial charge in [0.25, 0.3) is 5.78 Å². The number of carboxylic acids is 1. The lowest BCUT2D eigenvalue weighted by molar-refractivity contribution is -0.0885. The summed E-state index contributed by atoms with van der Waals surface area (Å²) in [7, 11) is 0. The molecule has 0 bridgehead atoms. The molecular weight excluding hydrogens is 215 g/mol. The first-order chi connectivity index (χ1) is 6.84. The molecule has 0 unspecified atom stereocenters. The number of alkyl halides is 3. The summed E-state index contributed by atoms with van der Waals surface area (Å²) in [4.78, 5) is 24.4. The quantitative estimate of drug-likeness (QED) is 0.766. The van der Waals surface area contributed by atoms with E-state index in [4.69, 9.17) is 5.11 Å². The number of carbonyl (C=O) groups excluding carboxylic acids is 1. The maximum absolute atomic E-state index is 12.0. The molecule has 0 atom stereocenters. The fourth-order valence-electron chi connectivity index (χ4n) is 0.912. The Hall–Kier alpha value is -1.92. The maximum atomic E-state index is 12.0. The average Bonchev–Trinajstić information content (AvgIpc) is 2.15. The van der Waals surface area contributed by atoms with Crippen LogP contribution in [0.5, 0.6) is 0 Å². The Morgan fingerprint density at radius 2 is 1.93 bits per heavy atom. The van der Waals surface area contributed by atoms with Crippen LogP contribution < -0.4 is 0 Å². The van der Waals surface area contributed by atoms with Gasteiger partial charge in [-0.25, -0.2) is 9.78 Å². The molecule has 0 aromatic carbocycles. The topological polar surface area (TPSA) is 67.3 Å². The Bertz CT molecular complexity index is 414. The van der Waals surface area contributed by atoms with E-state index < -0.39 is 29.2 Å². The third kappa shape index (κ3) is 2.30. The molecule has 0 radical (unpaired) electrons. The van der Waals surface area contributed by atoms with Crippen LogP contribution in [0.4, 0.5) is 13.2 Å². The Labute approximate surface area is 81.4 Å². The van der Waals surface area contributed by atoms with E-state index in [9.17, 15) is 22.8 Å². The van der Waals surface area contributed by atoms with E-state index in [-0.39, 0.29) is 0 Å². The highest BCUT2D eigenvalue weighted by Gasteiger charge is 2.41. The molecule has 4 nitrogen and oxygen atoms in total. The van der Waals surface area contributed by atoms with E-state index in [1.807, 2.05) is 0 Å². The summed E-state index contributed by atoms with van der Waals surface area (Å²) in [6.07, 6.45) is -4.11. The number of rotatable bonds is 2. The van der Waals surface area contributed by atoms with E-state index >= 15 is 0 Å². The van der Waals surface area contributed by atoms with E-state index in [1.54, 1.807) is 0 Å². The summed E-state index contributed by atoms with van der Waals surface area (Å²) in [5.41, 5.74) is -1.86. The zero-order valence-electron chi connectivity index (χ0n) is 7.08. The van der Waals surface area contributed by atoms with Crippen molar-refractivity contribution in [3.63, 3.8) is 0 Å². The first-order valence-corrected chi connectivity index (χ1v) is 3.64. The van der Waals surface area contributed by atoms with Crippen molar-refractivity contribution in [1.82, 2.24) is 4.98 Å². The summed E-state index contributed by atoms with van der Waals surface area (Å²) >= 11 is 0. The van der Waals surface area contributed by atoms with Gasteiger partial charge in [-0.3, -0.25) is 4.79 Å². The minimum absolute atomic E-state index is 0.770. The van der Waals surface area contributed by atoms with Crippen LogP contribution in [0.1, 0.15) is 20.8 Å². The van der Waals surface area contributed by atoms with Crippen molar-refractivity contribution in [2.24, 2.45) is 0 Å². The Balaban J connectivity index is 3.26. The number of halogens is 3. The molecule has 0 aliphatic carbocycles. The second-order valence-corrected chi connectivity index (χ2v) is 2.53. The van der Waals surface area contributed by atoms with Gasteiger partial charge in [0.05, 0.1) is 5.56 Å². The zero-order chi connectivity index (χ0) is 11.6. The van der Waals surface area contributed by atoms with Crippen molar-refractivity contribution in [1.29, 1.82) is 0 Å². The number of hydrogen-bond donors (Lipinski definition) is 1. The lowest BCUT2D eigenvalue weighted by Crippen LogP contribution is -2.25. The number of ketones is 1. The van der Waals surface area contributed by atoms with Crippen molar-refractivity contribution < 1.29 is 27.9 Å². The van der Waals surface area contributed by atoms with Gasteiger partial charge < -0.3 is 5.11 Å². The molecule has 0 saturated heterocycles. The highest BCUT2D eigenvalue weighted by molar-refractivity contribution is 6.07. The molecule has 1 aromatic rings. The van der Waals surface area contributed by atoms with Crippen LogP contribution in [-0.4, -0.2) is 28.0 Å². The molecule has 0 aliphatic heterocycles. The van der Waals surface area contributed by atoms with Crippen molar-refractivity contribution in [3.8, 4) is 0 Å². The number of carboxylic acid groups (broad SMARTS) is 1. The van der Waals surface area contributed by atoms with Crippen LogP contribution in [0.2, 0.25) is 0 Å². The Morgan fingerprint density at radius 3 is 2.40 bits per heavy atom. The molecule has 7 heteroatoms. The fourth-order valence-corrected chi connectivity index (χ4v) is 0.912. The summed E-state index contributed by atoms with van der Waals surface area (Å²) in [5.74, 6) is -3.89. The summed E-state index contributed by atoms with van der Waals surface area (Å²) in [6, 6.07) is 1.83. The SMILES string of the molecule is O=C(O)c1ncccc1C(=O)C(F)(F)F. The van der Waals surface area contributed by atoms with Crippen molar-refractivity contribution in [2.75, 3.05) is 0 Å². The van der Waals surface area contributed by atoms with Gasteiger partial charge in [0.15, 0.2) is 5.69 Å². The maximum Gasteiger partial charge on any atom is 0.454 e. The van der Waals surface area contributed by atoms with Gasteiger partial charge in [-0.15, -0.1) is 0 Å². The number of Topliss-reactive ketones (excluding diaryl/α,β-unsaturated/α-hetero) is 1. The Kier molecular flexibility index (Phi) is 2.74. The van der Waals surface area contributed by atoms with E-state index in [0.717, 1.165) is 18.3 Å². The summed E-state index contributed by atoms with van der Waals surface area (Å²) in [6.45, 7) is 0. The van der Waals surface area contributed by atoms with E-state index in [0.29, 0.717) is 0 Å². The second kappa shape index (κ2) is 3.68. The smallest absolute Gasteiger partial charge is 0.454 e. The third-order valence-electron chi connectivity index (χ3n) is 1.51. The Morgan fingerprint density at radius 1 is 1.33 bits per heavy atom. The van der Waals surface area contributed by atoms with Gasteiger partial charge in [-0.05, 0) is 12.1 Å². The lowest BCUT2D eigenvalue weighted by Gasteiger charge is -2.06. The minimum atomic E-state index is -5.10. The van der Waals surface area contributed by atoms with Crippen molar-refractivity contribution >= 4 is 11.8 Å². The van der Waals surface area contributed by atoms with Crippen LogP contribution in [0.25, 0.3) is 0 Å². The van der Waals surface area contributed by atoms with Crippen LogP contribution in [0, 0.1) is 0 Å². The average molecular weight is 219 g/mol. The third-order valence-corrected chi connectivity index (χ3v) is 1.51. The number of hydrogen-bond acceptors (Lipinski definition) is 3. The van der Waals surface area contributed by atoms with Crippen LogP contribution >= 0.6 is 0 Å². The van der Waals surface area contributed by atoms with Gasteiger partial charge >= 0.3 is 12.1 Å². The van der Waals surface area contributed by atoms with Crippen LogP contribution in [-0.2, 0) is 0 Å². The number of nitrogens with zero attached hydrogens (tertiary/aromatic N) is 1. The number of aromatic nitrogens is 1. The predicted molar refractivity (Wildman–Crippen MR) is 41.6 cm³/mol.